The van der Waals surface area contributed by atoms with Crippen molar-refractivity contribution in [3.8, 4) is 5.75 Å². The van der Waals surface area contributed by atoms with E-state index in [0.29, 0.717) is 5.75 Å². The lowest BCUT2D eigenvalue weighted by molar-refractivity contribution is -0.123. The first-order valence-electron chi connectivity index (χ1n) is 5.79. The first-order chi connectivity index (χ1) is 8.11. The third-order valence-electron chi connectivity index (χ3n) is 2.30. The highest BCUT2D eigenvalue weighted by Gasteiger charge is 2.07. The van der Waals surface area contributed by atoms with Gasteiger partial charge < -0.3 is 10.1 Å². The maximum atomic E-state index is 11.5. The maximum Gasteiger partial charge on any atom is 0.258 e. The highest BCUT2D eigenvalue weighted by atomic mass is 79.9. The molecule has 0 bridgehead atoms. The number of nitrogens with one attached hydrogen (secondary N) is 1. The highest BCUT2D eigenvalue weighted by Crippen LogP contribution is 2.17. The van der Waals surface area contributed by atoms with Gasteiger partial charge in [0.1, 0.15) is 5.75 Å². The summed E-state index contributed by atoms with van der Waals surface area (Å²) in [5.74, 6) is 0.614. The van der Waals surface area contributed by atoms with Crippen molar-refractivity contribution in [1.29, 1.82) is 0 Å². The second-order valence-corrected chi connectivity index (χ2v) is 4.92. The molecular formula is C13H18BrNO2. The number of amides is 1. The molecule has 1 amide bonds. The van der Waals surface area contributed by atoms with E-state index in [-0.39, 0.29) is 18.6 Å². The Labute approximate surface area is 111 Å². The van der Waals surface area contributed by atoms with Crippen LogP contribution in [0.3, 0.4) is 0 Å². The molecule has 0 aromatic heterocycles. The van der Waals surface area contributed by atoms with Crippen LogP contribution in [-0.4, -0.2) is 18.6 Å². The van der Waals surface area contributed by atoms with Crippen molar-refractivity contribution in [2.75, 3.05) is 6.61 Å². The lowest BCUT2D eigenvalue weighted by Gasteiger charge is -2.13. The van der Waals surface area contributed by atoms with Crippen LogP contribution in [0.1, 0.15) is 26.7 Å². The summed E-state index contributed by atoms with van der Waals surface area (Å²) in [6, 6.07) is 7.66. The summed E-state index contributed by atoms with van der Waals surface area (Å²) in [5, 5.41) is 2.89. The molecule has 94 valence electrons. The molecule has 0 aliphatic rings. The highest BCUT2D eigenvalue weighted by molar-refractivity contribution is 9.10. The van der Waals surface area contributed by atoms with Crippen LogP contribution >= 0.6 is 15.9 Å². The molecule has 3 nitrogen and oxygen atoms in total. The Kier molecular flexibility index (Phi) is 6.05. The molecule has 1 atom stereocenters. The van der Waals surface area contributed by atoms with Gasteiger partial charge in [0.15, 0.2) is 6.61 Å². The largest absolute Gasteiger partial charge is 0.484 e. The molecule has 1 unspecified atom stereocenters. The van der Waals surface area contributed by atoms with Gasteiger partial charge in [0, 0.05) is 10.5 Å². The van der Waals surface area contributed by atoms with E-state index < -0.39 is 0 Å². The Balaban J connectivity index is 2.33. The molecule has 1 rings (SSSR count). The molecule has 1 aromatic rings. The molecule has 0 radical (unpaired) electrons. The topological polar surface area (TPSA) is 38.3 Å². The van der Waals surface area contributed by atoms with Crippen LogP contribution in [0.4, 0.5) is 0 Å². The standard InChI is InChI=1S/C13H18BrNO2/c1-3-5-10(2)15-13(16)9-17-12-7-4-6-11(14)8-12/h4,6-8,10H,3,5,9H2,1-2H3,(H,15,16). The molecule has 0 spiro atoms. The summed E-state index contributed by atoms with van der Waals surface area (Å²) < 4.78 is 6.33. The van der Waals surface area contributed by atoms with Gasteiger partial charge in [-0.2, -0.15) is 0 Å². The first kappa shape index (κ1) is 14.0. The van der Waals surface area contributed by atoms with E-state index in [1.165, 1.54) is 0 Å². The van der Waals surface area contributed by atoms with Gasteiger partial charge in [0.05, 0.1) is 0 Å². The molecule has 0 heterocycles. The van der Waals surface area contributed by atoms with Crippen LogP contribution in [0.25, 0.3) is 0 Å². The molecule has 0 aliphatic heterocycles. The summed E-state index contributed by atoms with van der Waals surface area (Å²) in [6.07, 6.45) is 2.05. The van der Waals surface area contributed by atoms with Gasteiger partial charge in [0.2, 0.25) is 0 Å². The van der Waals surface area contributed by atoms with Crippen molar-refractivity contribution in [2.45, 2.75) is 32.7 Å². The zero-order valence-corrected chi connectivity index (χ0v) is 11.8. The molecule has 17 heavy (non-hydrogen) atoms. The zero-order chi connectivity index (χ0) is 12.7. The summed E-state index contributed by atoms with van der Waals surface area (Å²) in [5.41, 5.74) is 0. The van der Waals surface area contributed by atoms with Crippen molar-refractivity contribution in [3.05, 3.63) is 28.7 Å². The predicted octanol–water partition coefficient (Wildman–Crippen LogP) is 3.13. The number of benzene rings is 1. The van der Waals surface area contributed by atoms with Crippen molar-refractivity contribution in [3.63, 3.8) is 0 Å². The van der Waals surface area contributed by atoms with E-state index in [9.17, 15) is 4.79 Å². The molecule has 0 saturated heterocycles. The third-order valence-corrected chi connectivity index (χ3v) is 2.79. The monoisotopic (exact) mass is 299 g/mol. The number of hydrogen-bond donors (Lipinski definition) is 1. The maximum absolute atomic E-state index is 11.5. The molecule has 0 fully saturated rings. The zero-order valence-electron chi connectivity index (χ0n) is 10.2. The van der Waals surface area contributed by atoms with Crippen LogP contribution < -0.4 is 10.1 Å². The molecule has 1 aromatic carbocycles. The van der Waals surface area contributed by atoms with Gasteiger partial charge in [-0.05, 0) is 31.5 Å². The molecular weight excluding hydrogens is 282 g/mol. The summed E-state index contributed by atoms with van der Waals surface area (Å²) in [7, 11) is 0. The number of carbonyl (C=O) groups is 1. The molecule has 0 saturated carbocycles. The van der Waals surface area contributed by atoms with Crippen LogP contribution in [0.15, 0.2) is 28.7 Å². The van der Waals surface area contributed by atoms with Gasteiger partial charge in [-0.1, -0.05) is 35.3 Å². The Morgan fingerprint density at radius 3 is 2.94 bits per heavy atom. The van der Waals surface area contributed by atoms with Crippen molar-refractivity contribution in [1.82, 2.24) is 5.32 Å². The number of ether oxygens (including phenoxy) is 1. The lowest BCUT2D eigenvalue weighted by atomic mass is 10.2. The summed E-state index contributed by atoms with van der Waals surface area (Å²) in [4.78, 5) is 11.5. The molecule has 0 aliphatic carbocycles. The number of hydrogen-bond acceptors (Lipinski definition) is 2. The predicted molar refractivity (Wildman–Crippen MR) is 72.1 cm³/mol. The third kappa shape index (κ3) is 5.73. The van der Waals surface area contributed by atoms with E-state index in [0.717, 1.165) is 17.3 Å². The minimum absolute atomic E-state index is 0.0600. The Hall–Kier alpha value is -1.03. The fourth-order valence-electron chi connectivity index (χ4n) is 1.53. The molecule has 4 heteroatoms. The van der Waals surface area contributed by atoms with Gasteiger partial charge in [-0.25, -0.2) is 0 Å². The van der Waals surface area contributed by atoms with Crippen molar-refractivity contribution in [2.24, 2.45) is 0 Å². The minimum Gasteiger partial charge on any atom is -0.484 e. The second-order valence-electron chi connectivity index (χ2n) is 4.00. The first-order valence-corrected chi connectivity index (χ1v) is 6.59. The van der Waals surface area contributed by atoms with Crippen molar-refractivity contribution >= 4 is 21.8 Å². The number of halogens is 1. The Morgan fingerprint density at radius 2 is 2.29 bits per heavy atom. The van der Waals surface area contributed by atoms with Crippen LogP contribution in [0, 0.1) is 0 Å². The summed E-state index contributed by atoms with van der Waals surface area (Å²) in [6.45, 7) is 4.16. The number of carbonyl (C=O) groups excluding carboxylic acids is 1. The van der Waals surface area contributed by atoms with E-state index in [4.69, 9.17) is 4.74 Å². The van der Waals surface area contributed by atoms with Gasteiger partial charge in [-0.15, -0.1) is 0 Å². The van der Waals surface area contributed by atoms with Crippen LogP contribution in [0.2, 0.25) is 0 Å². The summed E-state index contributed by atoms with van der Waals surface area (Å²) >= 11 is 3.35. The fourth-order valence-corrected chi connectivity index (χ4v) is 1.91. The fraction of sp³-hybridized carbons (Fsp3) is 0.462. The Morgan fingerprint density at radius 1 is 1.53 bits per heavy atom. The van der Waals surface area contributed by atoms with Crippen molar-refractivity contribution < 1.29 is 9.53 Å². The number of rotatable bonds is 6. The van der Waals surface area contributed by atoms with E-state index in [1.54, 1.807) is 0 Å². The van der Waals surface area contributed by atoms with Gasteiger partial charge >= 0.3 is 0 Å². The second kappa shape index (κ2) is 7.33. The molecule has 1 N–H and O–H groups in total. The normalized spacial score (nSPS) is 11.9. The minimum atomic E-state index is -0.0778. The lowest BCUT2D eigenvalue weighted by Crippen LogP contribution is -2.35. The quantitative estimate of drug-likeness (QED) is 0.876. The van der Waals surface area contributed by atoms with E-state index in [2.05, 4.69) is 28.2 Å². The van der Waals surface area contributed by atoms with Gasteiger partial charge in [0.25, 0.3) is 5.91 Å². The Bertz CT molecular complexity index is 368. The van der Waals surface area contributed by atoms with Gasteiger partial charge in [-0.3, -0.25) is 4.79 Å². The van der Waals surface area contributed by atoms with E-state index >= 15 is 0 Å². The van der Waals surface area contributed by atoms with Crippen LogP contribution in [0.5, 0.6) is 5.75 Å². The van der Waals surface area contributed by atoms with E-state index in [1.807, 2.05) is 31.2 Å². The average molecular weight is 300 g/mol. The average Bonchev–Trinajstić information content (AvgIpc) is 2.27. The van der Waals surface area contributed by atoms with Crippen LogP contribution in [-0.2, 0) is 4.79 Å². The smallest absolute Gasteiger partial charge is 0.258 e. The SMILES string of the molecule is CCCC(C)NC(=O)COc1cccc(Br)c1.